The van der Waals surface area contributed by atoms with Gasteiger partial charge in [0.2, 0.25) is 5.78 Å². The summed E-state index contributed by atoms with van der Waals surface area (Å²) in [5.41, 5.74) is 4.03. The van der Waals surface area contributed by atoms with Crippen molar-refractivity contribution in [3.8, 4) is 5.75 Å². The van der Waals surface area contributed by atoms with Crippen molar-refractivity contribution in [2.24, 2.45) is 0 Å². The summed E-state index contributed by atoms with van der Waals surface area (Å²) >= 11 is 0. The Hall–Kier alpha value is -3.73. The van der Waals surface area contributed by atoms with Crippen LogP contribution in [0.1, 0.15) is 23.0 Å². The highest BCUT2D eigenvalue weighted by Gasteiger charge is 2.21. The fraction of sp³-hybridized carbons (Fsp3) is 0.0870. The molecule has 0 N–H and O–H groups in total. The van der Waals surface area contributed by atoms with E-state index >= 15 is 0 Å². The topological polar surface area (TPSA) is 56.5 Å². The van der Waals surface area contributed by atoms with E-state index in [1.54, 1.807) is 12.1 Å². The Morgan fingerprint density at radius 1 is 0.964 bits per heavy atom. The van der Waals surface area contributed by atoms with Gasteiger partial charge in [-0.15, -0.1) is 0 Å². The molecule has 5 heteroatoms. The van der Waals surface area contributed by atoms with Gasteiger partial charge in [-0.1, -0.05) is 24.3 Å². The number of para-hydroxylation sites is 1. The Bertz CT molecular complexity index is 1340. The largest absolute Gasteiger partial charge is 0.494 e. The second kappa shape index (κ2) is 6.46. The van der Waals surface area contributed by atoms with Gasteiger partial charge in [-0.3, -0.25) is 9.20 Å². The number of ketones is 1. The van der Waals surface area contributed by atoms with E-state index in [1.807, 2.05) is 72.1 Å². The van der Waals surface area contributed by atoms with E-state index < -0.39 is 0 Å². The number of imidazole rings is 1. The molecular formula is C23H17N3O2. The average molecular weight is 367 g/mol. The van der Waals surface area contributed by atoms with Crippen molar-refractivity contribution in [1.29, 1.82) is 0 Å². The van der Waals surface area contributed by atoms with Gasteiger partial charge in [-0.05, 0) is 49.4 Å². The van der Waals surface area contributed by atoms with Crippen LogP contribution in [0.3, 0.4) is 0 Å². The zero-order chi connectivity index (χ0) is 19.1. The molecule has 2 aromatic carbocycles. The number of benzene rings is 2. The fourth-order valence-corrected chi connectivity index (χ4v) is 3.52. The van der Waals surface area contributed by atoms with Crippen molar-refractivity contribution in [1.82, 2.24) is 14.4 Å². The van der Waals surface area contributed by atoms with Gasteiger partial charge in [0.25, 0.3) is 0 Å². The van der Waals surface area contributed by atoms with Crippen LogP contribution < -0.4 is 4.74 Å². The highest BCUT2D eigenvalue weighted by molar-refractivity contribution is 6.18. The molecule has 0 fully saturated rings. The molecule has 136 valence electrons. The highest BCUT2D eigenvalue weighted by Crippen LogP contribution is 2.28. The Labute approximate surface area is 161 Å². The lowest BCUT2D eigenvalue weighted by molar-refractivity contribution is 0.103. The number of ether oxygens (including phenoxy) is 1. The normalized spacial score (nSPS) is 11.3. The second-order valence-corrected chi connectivity index (χ2v) is 6.50. The third-order valence-corrected chi connectivity index (χ3v) is 4.79. The quantitative estimate of drug-likeness (QED) is 0.433. The monoisotopic (exact) mass is 367 g/mol. The van der Waals surface area contributed by atoms with Crippen molar-refractivity contribution >= 4 is 33.4 Å². The predicted molar refractivity (Wildman–Crippen MR) is 109 cm³/mol. The summed E-state index contributed by atoms with van der Waals surface area (Å²) < 4.78 is 7.41. The third-order valence-electron chi connectivity index (χ3n) is 4.79. The minimum Gasteiger partial charge on any atom is -0.494 e. The smallest absolute Gasteiger partial charge is 0.213 e. The first-order valence-electron chi connectivity index (χ1n) is 9.19. The Morgan fingerprint density at radius 2 is 1.75 bits per heavy atom. The molecule has 5 rings (SSSR count). The molecule has 0 radical (unpaired) electrons. The van der Waals surface area contributed by atoms with Gasteiger partial charge >= 0.3 is 0 Å². The Balaban J connectivity index is 1.78. The van der Waals surface area contributed by atoms with Gasteiger partial charge in [0.1, 0.15) is 28.1 Å². The van der Waals surface area contributed by atoms with Gasteiger partial charge in [0.15, 0.2) is 0 Å². The predicted octanol–water partition coefficient (Wildman–Crippen LogP) is 4.67. The zero-order valence-corrected chi connectivity index (χ0v) is 15.3. The summed E-state index contributed by atoms with van der Waals surface area (Å²) in [7, 11) is 0. The van der Waals surface area contributed by atoms with Crippen molar-refractivity contribution < 1.29 is 9.53 Å². The van der Waals surface area contributed by atoms with Gasteiger partial charge in [-0.2, -0.15) is 0 Å². The molecular weight excluding hydrogens is 350 g/mol. The summed E-state index contributed by atoms with van der Waals surface area (Å²) in [6.45, 7) is 2.52. The van der Waals surface area contributed by atoms with Crippen molar-refractivity contribution in [3.63, 3.8) is 0 Å². The van der Waals surface area contributed by atoms with Crippen LogP contribution in [0.25, 0.3) is 27.6 Å². The van der Waals surface area contributed by atoms with Crippen LogP contribution in [-0.2, 0) is 0 Å². The van der Waals surface area contributed by atoms with Crippen LogP contribution in [0, 0.1) is 0 Å². The molecule has 0 aliphatic rings. The van der Waals surface area contributed by atoms with Gasteiger partial charge in [0.05, 0.1) is 12.1 Å². The number of fused-ring (bicyclic) bond motifs is 5. The van der Waals surface area contributed by atoms with Crippen LogP contribution in [-0.4, -0.2) is 26.8 Å². The van der Waals surface area contributed by atoms with Crippen molar-refractivity contribution in [2.45, 2.75) is 6.92 Å². The minimum atomic E-state index is -0.135. The third kappa shape index (κ3) is 2.52. The second-order valence-electron chi connectivity index (χ2n) is 6.50. The SMILES string of the molecule is CCOc1ccc(C(=O)c2nc3ccccc3c3nc4ccccn4c23)cc1. The number of carbonyl (C=O) groups is 1. The molecule has 5 aromatic rings. The van der Waals surface area contributed by atoms with Crippen LogP contribution in [0.2, 0.25) is 0 Å². The molecule has 0 aliphatic heterocycles. The summed E-state index contributed by atoms with van der Waals surface area (Å²) in [5.74, 6) is 0.606. The van der Waals surface area contributed by atoms with Crippen LogP contribution in [0.15, 0.2) is 72.9 Å². The van der Waals surface area contributed by atoms with Crippen molar-refractivity contribution in [3.05, 3.63) is 84.2 Å². The first-order valence-corrected chi connectivity index (χ1v) is 9.19. The Kier molecular flexibility index (Phi) is 3.79. The number of hydrogen-bond donors (Lipinski definition) is 0. The highest BCUT2D eigenvalue weighted by atomic mass is 16.5. The van der Waals surface area contributed by atoms with E-state index in [9.17, 15) is 4.79 Å². The molecule has 0 atom stereocenters. The van der Waals surface area contributed by atoms with E-state index in [0.29, 0.717) is 17.9 Å². The first-order chi connectivity index (χ1) is 13.8. The Morgan fingerprint density at radius 3 is 2.57 bits per heavy atom. The van der Waals surface area contributed by atoms with E-state index in [0.717, 1.165) is 33.3 Å². The van der Waals surface area contributed by atoms with Gasteiger partial charge in [0, 0.05) is 17.1 Å². The summed E-state index contributed by atoms with van der Waals surface area (Å²) in [6.07, 6.45) is 1.91. The van der Waals surface area contributed by atoms with E-state index in [2.05, 4.69) is 0 Å². The summed E-state index contributed by atoms with van der Waals surface area (Å²) in [6, 6.07) is 20.7. The lowest BCUT2D eigenvalue weighted by Crippen LogP contribution is -2.07. The number of nitrogens with zero attached hydrogens (tertiary/aromatic N) is 3. The van der Waals surface area contributed by atoms with Gasteiger partial charge < -0.3 is 4.74 Å². The molecule has 0 bridgehead atoms. The van der Waals surface area contributed by atoms with E-state index in [-0.39, 0.29) is 5.78 Å². The maximum atomic E-state index is 13.4. The van der Waals surface area contributed by atoms with Crippen LogP contribution in [0.4, 0.5) is 0 Å². The first kappa shape index (κ1) is 16.4. The lowest BCUT2D eigenvalue weighted by Gasteiger charge is -2.07. The number of pyridine rings is 2. The van der Waals surface area contributed by atoms with E-state index in [1.165, 1.54) is 0 Å². The molecule has 0 spiro atoms. The summed E-state index contributed by atoms with van der Waals surface area (Å²) in [4.78, 5) is 22.9. The summed E-state index contributed by atoms with van der Waals surface area (Å²) in [5, 5.41) is 0.935. The molecule has 0 saturated heterocycles. The number of rotatable bonds is 4. The maximum absolute atomic E-state index is 13.4. The molecule has 28 heavy (non-hydrogen) atoms. The molecule has 3 aromatic heterocycles. The molecule has 0 saturated carbocycles. The molecule has 3 heterocycles. The molecule has 5 nitrogen and oxygen atoms in total. The molecule has 0 aliphatic carbocycles. The lowest BCUT2D eigenvalue weighted by atomic mass is 10.0. The average Bonchev–Trinajstić information content (AvgIpc) is 3.13. The van der Waals surface area contributed by atoms with Crippen LogP contribution in [0.5, 0.6) is 5.75 Å². The molecule has 0 unspecified atom stereocenters. The standard InChI is InChI=1S/C23H17N3O2/c1-2-28-16-12-10-15(11-13-16)23(27)21-22-20(17-7-3-4-8-18(17)24-21)25-19-9-5-6-14-26(19)22/h3-14H,2H2,1H3. The fourth-order valence-electron chi connectivity index (χ4n) is 3.52. The van der Waals surface area contributed by atoms with Crippen LogP contribution >= 0.6 is 0 Å². The maximum Gasteiger partial charge on any atom is 0.213 e. The van der Waals surface area contributed by atoms with E-state index in [4.69, 9.17) is 14.7 Å². The molecule has 0 amide bonds. The number of carbonyl (C=O) groups excluding carboxylic acids is 1. The number of hydrogen-bond acceptors (Lipinski definition) is 4. The zero-order valence-electron chi connectivity index (χ0n) is 15.3. The van der Waals surface area contributed by atoms with Crippen molar-refractivity contribution in [2.75, 3.05) is 6.61 Å². The minimum absolute atomic E-state index is 0.135. The number of aromatic nitrogens is 3. The van der Waals surface area contributed by atoms with Gasteiger partial charge in [-0.25, -0.2) is 9.97 Å².